The van der Waals surface area contributed by atoms with Crippen LogP contribution in [0, 0.1) is 5.92 Å². The van der Waals surface area contributed by atoms with Gasteiger partial charge in [-0.05, 0) is 25.2 Å². The molecular weight excluding hydrogens is 588 g/mol. The summed E-state index contributed by atoms with van der Waals surface area (Å²) < 4.78 is 16.5. The molecule has 0 saturated heterocycles. The number of carbonyl (C=O) groups is 3. The van der Waals surface area contributed by atoms with Crippen molar-refractivity contribution in [2.24, 2.45) is 5.92 Å². The van der Waals surface area contributed by atoms with E-state index in [1.807, 2.05) is 0 Å². The molecule has 6 heteroatoms. The molecule has 0 unspecified atom stereocenters. The Morgan fingerprint density at radius 3 is 1.04 bits per heavy atom. The van der Waals surface area contributed by atoms with Crippen molar-refractivity contribution in [1.82, 2.24) is 0 Å². The van der Waals surface area contributed by atoms with Gasteiger partial charge in [0.15, 0.2) is 6.10 Å². The minimum Gasteiger partial charge on any atom is -0.462 e. The van der Waals surface area contributed by atoms with Gasteiger partial charge in [0.2, 0.25) is 0 Å². The monoisotopic (exact) mass is 667 g/mol. The highest BCUT2D eigenvalue weighted by atomic mass is 16.6. The molecule has 0 aromatic heterocycles. The van der Waals surface area contributed by atoms with Crippen LogP contribution >= 0.6 is 0 Å². The number of hydrogen-bond acceptors (Lipinski definition) is 6. The van der Waals surface area contributed by atoms with Crippen LogP contribution in [-0.2, 0) is 28.6 Å². The molecule has 0 heterocycles. The predicted octanol–water partition coefficient (Wildman–Crippen LogP) is 12.4. The van der Waals surface area contributed by atoms with E-state index in [1.54, 1.807) is 0 Å². The van der Waals surface area contributed by atoms with Crippen LogP contribution in [0.5, 0.6) is 0 Å². The van der Waals surface area contributed by atoms with E-state index in [0.717, 1.165) is 70.1 Å². The average Bonchev–Trinajstić information content (AvgIpc) is 3.05. The van der Waals surface area contributed by atoms with E-state index >= 15 is 0 Å². The molecule has 1 atom stereocenters. The van der Waals surface area contributed by atoms with Gasteiger partial charge < -0.3 is 14.2 Å². The zero-order valence-corrected chi connectivity index (χ0v) is 31.7. The zero-order valence-electron chi connectivity index (χ0n) is 31.7. The normalized spacial score (nSPS) is 11.9. The van der Waals surface area contributed by atoms with E-state index in [1.165, 1.54) is 109 Å². The lowest BCUT2D eigenvalue weighted by molar-refractivity contribution is -0.167. The van der Waals surface area contributed by atoms with Crippen molar-refractivity contribution in [3.05, 3.63) is 0 Å². The average molecular weight is 667 g/mol. The molecule has 0 fully saturated rings. The van der Waals surface area contributed by atoms with Crippen molar-refractivity contribution >= 4 is 17.9 Å². The Morgan fingerprint density at radius 2 is 0.702 bits per heavy atom. The van der Waals surface area contributed by atoms with Gasteiger partial charge in [-0.25, -0.2) is 0 Å². The molecule has 0 aliphatic heterocycles. The third-order valence-electron chi connectivity index (χ3n) is 9.04. The smallest absolute Gasteiger partial charge is 0.306 e. The van der Waals surface area contributed by atoms with Crippen LogP contribution in [0.15, 0.2) is 0 Å². The molecule has 278 valence electrons. The standard InChI is InChI=1S/C41H78O6/c1-5-7-9-11-12-13-14-15-16-17-22-26-30-34-41(44)47-38(35-45-39(42)32-28-23-10-8-6-2)36-46-40(43)33-29-25-21-19-18-20-24-27-31-37(3)4/h37-38H,5-36H2,1-4H3/t38-/m0/s1. The Kier molecular flexibility index (Phi) is 34.5. The fourth-order valence-corrected chi connectivity index (χ4v) is 5.92. The number of esters is 3. The topological polar surface area (TPSA) is 78.9 Å². The molecule has 0 bridgehead atoms. The molecular formula is C41H78O6. The SMILES string of the molecule is CCCCCCCCCCCCCCCC(=O)O[C@@H](COC(=O)CCCCCCC)COC(=O)CCCCCCCCCCC(C)C. The van der Waals surface area contributed by atoms with E-state index in [4.69, 9.17) is 14.2 Å². The fourth-order valence-electron chi connectivity index (χ4n) is 5.92. The first kappa shape index (κ1) is 45.4. The van der Waals surface area contributed by atoms with Gasteiger partial charge in [0.1, 0.15) is 13.2 Å². The molecule has 0 aliphatic rings. The molecule has 0 amide bonds. The summed E-state index contributed by atoms with van der Waals surface area (Å²) in [6, 6.07) is 0. The maximum Gasteiger partial charge on any atom is 0.306 e. The summed E-state index contributed by atoms with van der Waals surface area (Å²) in [5.74, 6) is -0.0798. The largest absolute Gasteiger partial charge is 0.462 e. The number of rotatable bonds is 36. The third-order valence-corrected chi connectivity index (χ3v) is 9.04. The minimum atomic E-state index is -0.756. The highest BCUT2D eigenvalue weighted by molar-refractivity contribution is 5.71. The van der Waals surface area contributed by atoms with Crippen molar-refractivity contribution < 1.29 is 28.6 Å². The van der Waals surface area contributed by atoms with Crippen molar-refractivity contribution in [3.63, 3.8) is 0 Å². The Labute approximate surface area is 291 Å². The zero-order chi connectivity index (χ0) is 34.6. The molecule has 0 rings (SSSR count). The lowest BCUT2D eigenvalue weighted by atomic mass is 10.0. The fraction of sp³-hybridized carbons (Fsp3) is 0.927. The van der Waals surface area contributed by atoms with E-state index in [9.17, 15) is 14.4 Å². The van der Waals surface area contributed by atoms with Gasteiger partial charge in [0, 0.05) is 19.3 Å². The van der Waals surface area contributed by atoms with Crippen LogP contribution in [0.2, 0.25) is 0 Å². The molecule has 0 saturated carbocycles. The Morgan fingerprint density at radius 1 is 0.404 bits per heavy atom. The summed E-state index contributed by atoms with van der Waals surface area (Å²) in [5, 5.41) is 0. The van der Waals surface area contributed by atoms with Crippen LogP contribution in [-0.4, -0.2) is 37.2 Å². The lowest BCUT2D eigenvalue weighted by Crippen LogP contribution is -2.30. The first-order valence-corrected chi connectivity index (χ1v) is 20.4. The van der Waals surface area contributed by atoms with E-state index in [0.29, 0.717) is 19.3 Å². The molecule has 0 radical (unpaired) electrons. The summed E-state index contributed by atoms with van der Waals surface area (Å²) in [7, 11) is 0. The first-order chi connectivity index (χ1) is 22.9. The molecule has 0 spiro atoms. The van der Waals surface area contributed by atoms with Gasteiger partial charge in [-0.2, -0.15) is 0 Å². The summed E-state index contributed by atoms with van der Waals surface area (Å²) in [6.45, 7) is 8.86. The van der Waals surface area contributed by atoms with Crippen LogP contribution in [0.1, 0.15) is 220 Å². The maximum atomic E-state index is 12.6. The number of hydrogen-bond donors (Lipinski definition) is 0. The van der Waals surface area contributed by atoms with Crippen LogP contribution in [0.3, 0.4) is 0 Å². The summed E-state index contributed by atoms with van der Waals surface area (Å²) in [5.41, 5.74) is 0. The van der Waals surface area contributed by atoms with Gasteiger partial charge >= 0.3 is 17.9 Å². The molecule has 0 aromatic rings. The number of unbranched alkanes of at least 4 members (excludes halogenated alkanes) is 23. The van der Waals surface area contributed by atoms with Gasteiger partial charge in [-0.15, -0.1) is 0 Å². The van der Waals surface area contributed by atoms with E-state index < -0.39 is 6.10 Å². The van der Waals surface area contributed by atoms with Gasteiger partial charge in [-0.1, -0.05) is 182 Å². The van der Waals surface area contributed by atoms with Crippen molar-refractivity contribution in [2.75, 3.05) is 13.2 Å². The Bertz CT molecular complexity index is 706. The van der Waals surface area contributed by atoms with Gasteiger partial charge in [-0.3, -0.25) is 14.4 Å². The predicted molar refractivity (Wildman–Crippen MR) is 196 cm³/mol. The quantitative estimate of drug-likeness (QED) is 0.0376. The molecule has 6 nitrogen and oxygen atoms in total. The van der Waals surface area contributed by atoms with Crippen molar-refractivity contribution in [1.29, 1.82) is 0 Å². The molecule has 47 heavy (non-hydrogen) atoms. The summed E-state index contributed by atoms with van der Waals surface area (Å²) in [6.07, 6.45) is 32.6. The van der Waals surface area contributed by atoms with Gasteiger partial charge in [0.05, 0.1) is 0 Å². The highest BCUT2D eigenvalue weighted by Crippen LogP contribution is 2.15. The van der Waals surface area contributed by atoms with E-state index in [-0.39, 0.29) is 31.1 Å². The second kappa shape index (κ2) is 35.7. The molecule has 0 N–H and O–H groups in total. The number of ether oxygens (including phenoxy) is 3. The lowest BCUT2D eigenvalue weighted by Gasteiger charge is -2.18. The van der Waals surface area contributed by atoms with Crippen molar-refractivity contribution in [2.45, 2.75) is 226 Å². The molecule has 0 aromatic carbocycles. The van der Waals surface area contributed by atoms with Crippen molar-refractivity contribution in [3.8, 4) is 0 Å². The van der Waals surface area contributed by atoms with Crippen LogP contribution < -0.4 is 0 Å². The first-order valence-electron chi connectivity index (χ1n) is 20.4. The second-order valence-electron chi connectivity index (χ2n) is 14.4. The minimum absolute atomic E-state index is 0.0661. The Hall–Kier alpha value is -1.59. The Balaban J connectivity index is 4.25. The second-order valence-corrected chi connectivity index (χ2v) is 14.4. The van der Waals surface area contributed by atoms with Crippen LogP contribution in [0.4, 0.5) is 0 Å². The maximum absolute atomic E-state index is 12.6. The van der Waals surface area contributed by atoms with Crippen LogP contribution in [0.25, 0.3) is 0 Å². The highest BCUT2D eigenvalue weighted by Gasteiger charge is 2.19. The molecule has 0 aliphatic carbocycles. The number of carbonyl (C=O) groups excluding carboxylic acids is 3. The third kappa shape index (κ3) is 35.5. The summed E-state index contributed by atoms with van der Waals surface area (Å²) >= 11 is 0. The summed E-state index contributed by atoms with van der Waals surface area (Å²) in [4.78, 5) is 37.3. The van der Waals surface area contributed by atoms with E-state index in [2.05, 4.69) is 27.7 Å². The van der Waals surface area contributed by atoms with Gasteiger partial charge in [0.25, 0.3) is 0 Å².